The van der Waals surface area contributed by atoms with Gasteiger partial charge in [-0.25, -0.2) is 14.4 Å². The molecule has 0 aliphatic rings. The Kier molecular flexibility index (Phi) is 5.61. The van der Waals surface area contributed by atoms with Crippen molar-refractivity contribution >= 4 is 0 Å². The number of alkyl halides is 6. The second kappa shape index (κ2) is 8.27. The van der Waals surface area contributed by atoms with E-state index in [-0.39, 0.29) is 17.5 Å². The van der Waals surface area contributed by atoms with Crippen molar-refractivity contribution < 1.29 is 30.7 Å². The van der Waals surface area contributed by atoms with E-state index in [0.29, 0.717) is 23.4 Å². The van der Waals surface area contributed by atoms with Gasteiger partial charge >= 0.3 is 12.4 Å². The third-order valence-corrected chi connectivity index (χ3v) is 4.68. The third kappa shape index (κ3) is 4.84. The molecule has 168 valence electrons. The van der Waals surface area contributed by atoms with Gasteiger partial charge in [0.1, 0.15) is 11.5 Å². The highest BCUT2D eigenvalue weighted by Crippen LogP contribution is 2.35. The molecule has 0 N–H and O–H groups in total. The molecule has 2 aromatic carbocycles. The summed E-state index contributed by atoms with van der Waals surface area (Å²) < 4.78 is 93.5. The summed E-state index contributed by atoms with van der Waals surface area (Å²) in [6.07, 6.45) is -8.35. The fraction of sp³-hybridized carbons (Fsp3) is 0.0870. The van der Waals surface area contributed by atoms with Crippen molar-refractivity contribution in [3.05, 3.63) is 90.0 Å². The van der Waals surface area contributed by atoms with Gasteiger partial charge in [0.15, 0.2) is 5.82 Å². The summed E-state index contributed by atoms with van der Waals surface area (Å²) in [7, 11) is 0. The summed E-state index contributed by atoms with van der Waals surface area (Å²) in [5.74, 6) is -1.74. The van der Waals surface area contributed by atoms with Crippen molar-refractivity contribution in [2.45, 2.75) is 12.4 Å². The topological polar surface area (TPSA) is 38.7 Å². The van der Waals surface area contributed by atoms with Crippen molar-refractivity contribution in [2.24, 2.45) is 0 Å². The Balaban J connectivity index is 1.86. The van der Waals surface area contributed by atoms with E-state index in [1.807, 2.05) is 0 Å². The number of hydrogen-bond donors (Lipinski definition) is 0. The van der Waals surface area contributed by atoms with E-state index in [9.17, 15) is 30.7 Å². The number of benzene rings is 2. The summed E-state index contributed by atoms with van der Waals surface area (Å²) in [6, 6.07) is 13.7. The first-order valence-corrected chi connectivity index (χ1v) is 9.37. The average Bonchev–Trinajstić information content (AvgIpc) is 2.78. The van der Waals surface area contributed by atoms with Gasteiger partial charge in [-0.3, -0.25) is 4.98 Å². The number of nitrogens with zero attached hydrogens (tertiary/aromatic N) is 3. The van der Waals surface area contributed by atoms with E-state index in [1.54, 1.807) is 30.3 Å². The molecule has 0 fully saturated rings. The molecule has 0 aliphatic heterocycles. The van der Waals surface area contributed by atoms with E-state index in [1.165, 1.54) is 18.3 Å². The zero-order valence-corrected chi connectivity index (χ0v) is 16.4. The van der Waals surface area contributed by atoms with Crippen LogP contribution in [-0.2, 0) is 12.4 Å². The van der Waals surface area contributed by atoms with Crippen LogP contribution in [0.5, 0.6) is 0 Å². The van der Waals surface area contributed by atoms with Crippen molar-refractivity contribution in [3.63, 3.8) is 0 Å². The van der Waals surface area contributed by atoms with Crippen LogP contribution in [0, 0.1) is 5.82 Å². The Morgan fingerprint density at radius 2 is 1.36 bits per heavy atom. The smallest absolute Gasteiger partial charge is 0.256 e. The van der Waals surface area contributed by atoms with Gasteiger partial charge in [-0.15, -0.1) is 0 Å². The van der Waals surface area contributed by atoms with Crippen LogP contribution in [0.15, 0.2) is 72.9 Å². The van der Waals surface area contributed by atoms with Gasteiger partial charge in [0, 0.05) is 22.9 Å². The zero-order chi connectivity index (χ0) is 23.8. The molecule has 0 radical (unpaired) electrons. The first-order valence-electron chi connectivity index (χ1n) is 9.37. The molecule has 0 amide bonds. The predicted molar refractivity (Wildman–Crippen MR) is 106 cm³/mol. The van der Waals surface area contributed by atoms with Crippen LogP contribution >= 0.6 is 0 Å². The minimum absolute atomic E-state index is 0.170. The number of pyridine rings is 1. The van der Waals surface area contributed by atoms with E-state index in [2.05, 4.69) is 15.0 Å². The summed E-state index contributed by atoms with van der Waals surface area (Å²) >= 11 is 0. The lowest BCUT2D eigenvalue weighted by atomic mass is 10.1. The lowest BCUT2D eigenvalue weighted by Crippen LogP contribution is -2.11. The predicted octanol–water partition coefficient (Wildman–Crippen LogP) is 7.05. The molecule has 4 aromatic rings. The molecule has 0 bridgehead atoms. The summed E-state index contributed by atoms with van der Waals surface area (Å²) in [5.41, 5.74) is -2.35. The SMILES string of the molecule is Fc1cc(C(F)(F)F)ccc1-c1cc(C(F)(F)F)nc(-c2ccnc(-c3ccccc3)c2)n1. The molecule has 0 aliphatic carbocycles. The maximum atomic E-state index is 14.5. The van der Waals surface area contributed by atoms with E-state index < -0.39 is 40.7 Å². The molecule has 10 heteroatoms. The van der Waals surface area contributed by atoms with E-state index >= 15 is 0 Å². The maximum absolute atomic E-state index is 14.5. The van der Waals surface area contributed by atoms with Crippen LogP contribution in [0.2, 0.25) is 0 Å². The standard InChI is InChI=1S/C23H12F7N3/c24-17-11-15(22(25,26)27)6-7-16(17)19-12-20(23(28,29)30)33-21(32-19)14-8-9-31-18(10-14)13-4-2-1-3-5-13/h1-12H. The molecule has 0 unspecified atom stereocenters. The van der Waals surface area contributed by atoms with Crippen molar-refractivity contribution in [3.8, 4) is 33.9 Å². The molecule has 0 saturated carbocycles. The third-order valence-electron chi connectivity index (χ3n) is 4.68. The van der Waals surface area contributed by atoms with E-state index in [0.717, 1.165) is 6.07 Å². The van der Waals surface area contributed by atoms with Crippen LogP contribution in [0.25, 0.3) is 33.9 Å². The molecule has 3 nitrogen and oxygen atoms in total. The normalized spacial score (nSPS) is 12.1. The molecule has 4 rings (SSSR count). The molecule has 0 saturated heterocycles. The monoisotopic (exact) mass is 463 g/mol. The molecule has 2 aromatic heterocycles. The minimum atomic E-state index is -4.90. The van der Waals surface area contributed by atoms with Gasteiger partial charge in [-0.1, -0.05) is 30.3 Å². The highest BCUT2D eigenvalue weighted by Gasteiger charge is 2.35. The summed E-state index contributed by atoms with van der Waals surface area (Å²) in [6.45, 7) is 0. The Morgan fingerprint density at radius 1 is 0.636 bits per heavy atom. The van der Waals surface area contributed by atoms with Crippen LogP contribution < -0.4 is 0 Å². The van der Waals surface area contributed by atoms with Crippen LogP contribution in [0.3, 0.4) is 0 Å². The summed E-state index contributed by atoms with van der Waals surface area (Å²) in [5, 5.41) is 0. The molecule has 0 spiro atoms. The lowest BCUT2D eigenvalue weighted by Gasteiger charge is -2.13. The molecular weight excluding hydrogens is 451 g/mol. The minimum Gasteiger partial charge on any atom is -0.256 e. The first-order chi connectivity index (χ1) is 15.5. The molecule has 33 heavy (non-hydrogen) atoms. The number of halogens is 7. The molecule has 2 heterocycles. The molecule has 0 atom stereocenters. The Morgan fingerprint density at radius 3 is 2.00 bits per heavy atom. The van der Waals surface area contributed by atoms with Crippen molar-refractivity contribution in [2.75, 3.05) is 0 Å². The second-order valence-electron chi connectivity index (χ2n) is 6.95. The maximum Gasteiger partial charge on any atom is 0.433 e. The second-order valence-corrected chi connectivity index (χ2v) is 6.95. The van der Waals surface area contributed by atoms with Gasteiger partial charge in [0.25, 0.3) is 0 Å². The van der Waals surface area contributed by atoms with Crippen molar-refractivity contribution in [1.82, 2.24) is 15.0 Å². The number of rotatable bonds is 3. The highest BCUT2D eigenvalue weighted by molar-refractivity contribution is 5.69. The van der Waals surface area contributed by atoms with Gasteiger partial charge in [0.05, 0.1) is 17.0 Å². The Hall–Kier alpha value is -3.82. The average molecular weight is 463 g/mol. The lowest BCUT2D eigenvalue weighted by molar-refractivity contribution is -0.141. The van der Waals surface area contributed by atoms with Gasteiger partial charge in [-0.05, 0) is 36.4 Å². The van der Waals surface area contributed by atoms with Crippen LogP contribution in [0.1, 0.15) is 11.3 Å². The zero-order valence-electron chi connectivity index (χ0n) is 16.4. The number of aromatic nitrogens is 3. The van der Waals surface area contributed by atoms with Gasteiger partial charge < -0.3 is 0 Å². The fourth-order valence-electron chi connectivity index (χ4n) is 3.10. The van der Waals surface area contributed by atoms with Gasteiger partial charge in [0.2, 0.25) is 0 Å². The highest BCUT2D eigenvalue weighted by atomic mass is 19.4. The first kappa shape index (κ1) is 22.4. The van der Waals surface area contributed by atoms with Crippen molar-refractivity contribution in [1.29, 1.82) is 0 Å². The quantitative estimate of drug-likeness (QED) is 0.306. The largest absolute Gasteiger partial charge is 0.433 e. The van der Waals surface area contributed by atoms with Crippen LogP contribution in [0.4, 0.5) is 30.7 Å². The van der Waals surface area contributed by atoms with Crippen LogP contribution in [-0.4, -0.2) is 15.0 Å². The molecular formula is C23H12F7N3. The van der Waals surface area contributed by atoms with E-state index in [4.69, 9.17) is 0 Å². The fourth-order valence-corrected chi connectivity index (χ4v) is 3.10. The number of hydrogen-bond acceptors (Lipinski definition) is 3. The van der Waals surface area contributed by atoms with Gasteiger partial charge in [-0.2, -0.15) is 26.3 Å². The Labute approximate surface area is 182 Å². The Bertz CT molecular complexity index is 1300. The summed E-state index contributed by atoms with van der Waals surface area (Å²) in [4.78, 5) is 11.8.